The van der Waals surface area contributed by atoms with Crippen molar-refractivity contribution in [1.82, 2.24) is 10.4 Å². The van der Waals surface area contributed by atoms with Crippen LogP contribution in [0.15, 0.2) is 12.2 Å². The zero-order chi connectivity index (χ0) is 9.84. The van der Waals surface area contributed by atoms with Crippen LogP contribution >= 0.6 is 0 Å². The monoisotopic (exact) mass is 184 g/mol. The lowest BCUT2D eigenvalue weighted by atomic mass is 10.4. The highest BCUT2D eigenvalue weighted by Crippen LogP contribution is 1.96. The van der Waals surface area contributed by atoms with E-state index in [0.717, 1.165) is 5.01 Å². The average molecular weight is 184 g/mol. The third-order valence-electron chi connectivity index (χ3n) is 1.38. The molecule has 2 N–H and O–H groups in total. The first-order valence-corrected chi connectivity index (χ1v) is 3.59. The molecule has 1 heterocycles. The highest BCUT2D eigenvalue weighted by atomic mass is 16.4. The average Bonchev–Trinajstić information content (AvgIpc) is 2.14. The molecule has 0 aromatic rings. The van der Waals surface area contributed by atoms with Crippen LogP contribution in [0.2, 0.25) is 0 Å². The summed E-state index contributed by atoms with van der Waals surface area (Å²) < 4.78 is 0. The minimum absolute atomic E-state index is 0.0852. The van der Waals surface area contributed by atoms with Gasteiger partial charge in [-0.3, -0.25) is 19.8 Å². The van der Waals surface area contributed by atoms with Gasteiger partial charge in [0, 0.05) is 12.5 Å². The summed E-state index contributed by atoms with van der Waals surface area (Å²) in [4.78, 5) is 32.2. The van der Waals surface area contributed by atoms with E-state index in [0.29, 0.717) is 0 Å². The molecule has 0 radical (unpaired) electrons. The molecule has 0 aromatic heterocycles. The van der Waals surface area contributed by atoms with Crippen molar-refractivity contribution in [3.8, 4) is 0 Å². The van der Waals surface area contributed by atoms with Crippen molar-refractivity contribution < 1.29 is 19.5 Å². The summed E-state index contributed by atoms with van der Waals surface area (Å²) in [5, 5.41) is 9.15. The maximum Gasteiger partial charge on any atom is 0.325 e. The molecule has 0 unspecified atom stereocenters. The largest absolute Gasteiger partial charge is 0.480 e. The van der Waals surface area contributed by atoms with E-state index >= 15 is 0 Å². The number of rotatable bonds is 2. The van der Waals surface area contributed by atoms with E-state index in [9.17, 15) is 14.4 Å². The van der Waals surface area contributed by atoms with Gasteiger partial charge in [-0.25, -0.2) is 5.01 Å². The van der Waals surface area contributed by atoms with Gasteiger partial charge in [0.2, 0.25) is 5.91 Å². The van der Waals surface area contributed by atoms with E-state index in [4.69, 9.17) is 5.11 Å². The van der Waals surface area contributed by atoms with Crippen LogP contribution in [0, 0.1) is 0 Å². The summed E-state index contributed by atoms with van der Waals surface area (Å²) in [6.45, 7) is -0.533. The fraction of sp³-hybridized carbons (Fsp3) is 0.286. The van der Waals surface area contributed by atoms with Crippen molar-refractivity contribution in [2.24, 2.45) is 0 Å². The molecule has 70 valence electrons. The molecule has 6 heteroatoms. The summed E-state index contributed by atoms with van der Waals surface area (Å²) >= 11 is 0. The fourth-order valence-electron chi connectivity index (χ4n) is 0.861. The Balaban J connectivity index is 2.69. The number of hydrogen-bond donors (Lipinski definition) is 2. The highest BCUT2D eigenvalue weighted by Gasteiger charge is 2.18. The first-order valence-electron chi connectivity index (χ1n) is 3.59. The zero-order valence-electron chi connectivity index (χ0n) is 6.69. The van der Waals surface area contributed by atoms with Gasteiger partial charge in [-0.1, -0.05) is 6.08 Å². The molecule has 0 saturated heterocycles. The van der Waals surface area contributed by atoms with Gasteiger partial charge in [0.15, 0.2) is 0 Å². The second kappa shape index (κ2) is 3.70. The second-order valence-electron chi connectivity index (χ2n) is 2.46. The molecule has 2 amide bonds. The van der Waals surface area contributed by atoms with Crippen LogP contribution in [0.4, 0.5) is 0 Å². The maximum absolute atomic E-state index is 11.1. The van der Waals surface area contributed by atoms with Gasteiger partial charge >= 0.3 is 5.97 Å². The Bertz CT molecular complexity index is 284. The smallest absolute Gasteiger partial charge is 0.325 e. The van der Waals surface area contributed by atoms with Crippen molar-refractivity contribution in [2.45, 2.75) is 6.42 Å². The predicted molar refractivity (Wildman–Crippen MR) is 41.2 cm³/mol. The molecule has 0 aliphatic carbocycles. The van der Waals surface area contributed by atoms with Crippen LogP contribution in [0.25, 0.3) is 0 Å². The standard InChI is InChI=1S/C7H8N2O4/c10-5-2-1-3-6(11)9(8-5)4-7(12)13/h1,3H,2,4H2,(H,8,10)(H,12,13). The van der Waals surface area contributed by atoms with Crippen LogP contribution in [0.5, 0.6) is 0 Å². The number of hydrazine groups is 1. The molecular formula is C7H8N2O4. The van der Waals surface area contributed by atoms with E-state index in [-0.39, 0.29) is 6.42 Å². The minimum Gasteiger partial charge on any atom is -0.480 e. The summed E-state index contributed by atoms with van der Waals surface area (Å²) in [6.07, 6.45) is 2.64. The third-order valence-corrected chi connectivity index (χ3v) is 1.38. The van der Waals surface area contributed by atoms with Gasteiger partial charge in [-0.2, -0.15) is 0 Å². The molecular weight excluding hydrogens is 176 g/mol. The number of carboxylic acids is 1. The van der Waals surface area contributed by atoms with Gasteiger partial charge in [0.25, 0.3) is 5.91 Å². The highest BCUT2D eigenvalue weighted by molar-refractivity contribution is 5.94. The summed E-state index contributed by atoms with van der Waals surface area (Å²) in [5.74, 6) is -2.11. The van der Waals surface area contributed by atoms with Crippen molar-refractivity contribution in [1.29, 1.82) is 0 Å². The number of carbonyl (C=O) groups is 3. The number of amides is 2. The number of aliphatic carboxylic acids is 1. The lowest BCUT2D eigenvalue weighted by molar-refractivity contribution is -0.147. The Kier molecular flexibility index (Phi) is 2.63. The van der Waals surface area contributed by atoms with Crippen LogP contribution in [0.3, 0.4) is 0 Å². The van der Waals surface area contributed by atoms with Crippen molar-refractivity contribution in [2.75, 3.05) is 6.54 Å². The van der Waals surface area contributed by atoms with E-state index in [1.807, 2.05) is 0 Å². The number of nitrogens with zero attached hydrogens (tertiary/aromatic N) is 1. The predicted octanol–water partition coefficient (Wildman–Crippen LogP) is -1.11. The van der Waals surface area contributed by atoms with Crippen molar-refractivity contribution in [3.05, 3.63) is 12.2 Å². The molecule has 0 atom stereocenters. The van der Waals surface area contributed by atoms with E-state index in [1.54, 1.807) is 0 Å². The first kappa shape index (κ1) is 9.24. The summed E-state index contributed by atoms with van der Waals surface area (Å²) in [6, 6.07) is 0. The van der Waals surface area contributed by atoms with E-state index in [2.05, 4.69) is 5.43 Å². The lowest BCUT2D eigenvalue weighted by Crippen LogP contribution is -2.46. The minimum atomic E-state index is -1.18. The number of nitrogens with one attached hydrogen (secondary N) is 1. The molecule has 0 aromatic carbocycles. The third kappa shape index (κ3) is 2.58. The van der Waals surface area contributed by atoms with E-state index < -0.39 is 24.3 Å². The summed E-state index contributed by atoms with van der Waals surface area (Å²) in [7, 11) is 0. The molecule has 0 fully saturated rings. The van der Waals surface area contributed by atoms with Crippen LogP contribution in [-0.2, 0) is 14.4 Å². The Morgan fingerprint density at radius 1 is 1.62 bits per heavy atom. The van der Waals surface area contributed by atoms with Gasteiger partial charge < -0.3 is 5.11 Å². The molecule has 0 bridgehead atoms. The van der Waals surface area contributed by atoms with Gasteiger partial charge in [-0.15, -0.1) is 0 Å². The summed E-state index contributed by atoms with van der Waals surface area (Å²) in [5.41, 5.74) is 2.16. The second-order valence-corrected chi connectivity index (χ2v) is 2.46. The van der Waals surface area contributed by atoms with Crippen LogP contribution in [0.1, 0.15) is 6.42 Å². The Morgan fingerprint density at radius 3 is 2.92 bits per heavy atom. The maximum atomic E-state index is 11.1. The lowest BCUT2D eigenvalue weighted by Gasteiger charge is -2.17. The SMILES string of the molecule is O=C(O)CN1NC(=O)CC=CC1=O. The molecule has 1 aliphatic heterocycles. The van der Waals surface area contributed by atoms with Gasteiger partial charge in [0.05, 0.1) is 0 Å². The molecule has 0 spiro atoms. The quantitative estimate of drug-likeness (QED) is 0.569. The van der Waals surface area contributed by atoms with Gasteiger partial charge in [0.1, 0.15) is 6.54 Å². The molecule has 1 aliphatic rings. The number of carboxylic acid groups (broad SMARTS) is 1. The Hall–Kier alpha value is -1.85. The molecule has 13 heavy (non-hydrogen) atoms. The molecule has 1 rings (SSSR count). The van der Waals surface area contributed by atoms with E-state index in [1.165, 1.54) is 12.2 Å². The van der Waals surface area contributed by atoms with Crippen LogP contribution in [-0.4, -0.2) is 34.4 Å². The van der Waals surface area contributed by atoms with Crippen molar-refractivity contribution in [3.63, 3.8) is 0 Å². The first-order chi connectivity index (χ1) is 6.09. The Morgan fingerprint density at radius 2 is 2.31 bits per heavy atom. The van der Waals surface area contributed by atoms with Crippen molar-refractivity contribution >= 4 is 17.8 Å². The topological polar surface area (TPSA) is 86.7 Å². The van der Waals surface area contributed by atoms with Gasteiger partial charge in [-0.05, 0) is 0 Å². The number of carbonyl (C=O) groups excluding carboxylic acids is 2. The number of hydrogen-bond acceptors (Lipinski definition) is 3. The molecule has 0 saturated carbocycles. The fourth-order valence-corrected chi connectivity index (χ4v) is 0.861. The molecule has 6 nitrogen and oxygen atoms in total. The normalized spacial score (nSPS) is 16.8. The van der Waals surface area contributed by atoms with Crippen LogP contribution < -0.4 is 5.43 Å². The zero-order valence-corrected chi connectivity index (χ0v) is 6.69. The Labute approximate surface area is 73.8 Å².